The average Bonchev–Trinajstić information content (AvgIpc) is 2.15. The largest absolute Gasteiger partial charge is 0.465 e. The van der Waals surface area contributed by atoms with Crippen LogP contribution in [0.2, 0.25) is 0 Å². The molecular formula is C9H16O4. The monoisotopic (exact) mass is 188 g/mol. The van der Waals surface area contributed by atoms with Gasteiger partial charge < -0.3 is 14.6 Å². The van der Waals surface area contributed by atoms with E-state index in [2.05, 4.69) is 0 Å². The van der Waals surface area contributed by atoms with Crippen molar-refractivity contribution < 1.29 is 19.4 Å². The normalized spacial score (nSPS) is 28.5. The molecule has 4 heteroatoms. The molecular weight excluding hydrogens is 172 g/mol. The van der Waals surface area contributed by atoms with Crippen molar-refractivity contribution in [2.45, 2.75) is 25.9 Å². The van der Waals surface area contributed by atoms with Crippen LogP contribution >= 0.6 is 0 Å². The molecule has 1 N–H and O–H groups in total. The number of ether oxygens (including phenoxy) is 2. The van der Waals surface area contributed by atoms with Crippen molar-refractivity contribution >= 4 is 5.97 Å². The highest BCUT2D eigenvalue weighted by Gasteiger charge is 2.21. The highest BCUT2D eigenvalue weighted by Crippen LogP contribution is 2.18. The Kier molecular flexibility index (Phi) is 4.18. The molecule has 1 unspecified atom stereocenters. The zero-order chi connectivity index (χ0) is 9.68. The molecule has 0 aromatic rings. The molecule has 1 heterocycles. The summed E-state index contributed by atoms with van der Waals surface area (Å²) in [6, 6.07) is 0. The van der Waals surface area contributed by atoms with Crippen molar-refractivity contribution in [2.24, 2.45) is 5.92 Å². The summed E-state index contributed by atoms with van der Waals surface area (Å²) in [4.78, 5) is 10.5. The predicted octanol–water partition coefficient (Wildman–Crippen LogP) is 0.337. The molecule has 0 bridgehead atoms. The van der Waals surface area contributed by atoms with Gasteiger partial charge >= 0.3 is 5.97 Å². The first-order chi connectivity index (χ1) is 6.22. The van der Waals surface area contributed by atoms with Gasteiger partial charge in [-0.05, 0) is 12.8 Å². The number of aliphatic hydroxyl groups excluding tert-OH is 1. The van der Waals surface area contributed by atoms with Crippen molar-refractivity contribution in [3.63, 3.8) is 0 Å². The number of rotatable bonds is 3. The molecule has 1 saturated heterocycles. The van der Waals surface area contributed by atoms with E-state index in [1.54, 1.807) is 0 Å². The Morgan fingerprint density at radius 1 is 1.62 bits per heavy atom. The van der Waals surface area contributed by atoms with Crippen LogP contribution in [0.5, 0.6) is 0 Å². The molecule has 1 aliphatic heterocycles. The second-order valence-electron chi connectivity index (χ2n) is 3.38. The fourth-order valence-electron chi connectivity index (χ4n) is 1.37. The lowest BCUT2D eigenvalue weighted by atomic mass is 10.00. The van der Waals surface area contributed by atoms with E-state index in [4.69, 9.17) is 14.6 Å². The lowest BCUT2D eigenvalue weighted by Gasteiger charge is -2.27. The highest BCUT2D eigenvalue weighted by molar-refractivity contribution is 5.65. The van der Waals surface area contributed by atoms with E-state index in [0.29, 0.717) is 19.1 Å². The van der Waals surface area contributed by atoms with Crippen molar-refractivity contribution in [3.8, 4) is 0 Å². The van der Waals surface area contributed by atoms with Crippen molar-refractivity contribution in [1.29, 1.82) is 0 Å². The van der Waals surface area contributed by atoms with E-state index >= 15 is 0 Å². The third-order valence-corrected chi connectivity index (χ3v) is 2.19. The Hall–Kier alpha value is -0.610. The second kappa shape index (κ2) is 5.19. The number of aliphatic hydroxyl groups is 1. The SMILES string of the molecule is CC(=O)OC[C@H]1CCC(CO)OC1. The van der Waals surface area contributed by atoms with E-state index < -0.39 is 0 Å². The molecule has 0 radical (unpaired) electrons. The molecule has 13 heavy (non-hydrogen) atoms. The van der Waals surface area contributed by atoms with Gasteiger partial charge in [-0.1, -0.05) is 0 Å². The summed E-state index contributed by atoms with van der Waals surface area (Å²) in [5.41, 5.74) is 0. The summed E-state index contributed by atoms with van der Waals surface area (Å²) in [6.45, 7) is 2.51. The maximum atomic E-state index is 10.5. The van der Waals surface area contributed by atoms with Gasteiger partial charge in [-0.2, -0.15) is 0 Å². The Morgan fingerprint density at radius 3 is 2.85 bits per heavy atom. The molecule has 1 aliphatic rings. The smallest absolute Gasteiger partial charge is 0.302 e. The second-order valence-corrected chi connectivity index (χ2v) is 3.38. The maximum absolute atomic E-state index is 10.5. The summed E-state index contributed by atoms with van der Waals surface area (Å²) in [5.74, 6) is 0.0518. The van der Waals surface area contributed by atoms with Crippen LogP contribution in [0, 0.1) is 5.92 Å². The van der Waals surface area contributed by atoms with Gasteiger partial charge in [-0.15, -0.1) is 0 Å². The molecule has 0 amide bonds. The number of carbonyl (C=O) groups is 1. The molecule has 0 aliphatic carbocycles. The van der Waals surface area contributed by atoms with Gasteiger partial charge in [0.25, 0.3) is 0 Å². The summed E-state index contributed by atoms with van der Waals surface area (Å²) in [5, 5.41) is 8.79. The first kappa shape index (κ1) is 10.5. The fourth-order valence-corrected chi connectivity index (χ4v) is 1.37. The summed E-state index contributed by atoms with van der Waals surface area (Å²) < 4.78 is 10.2. The molecule has 76 valence electrons. The predicted molar refractivity (Wildman–Crippen MR) is 46.2 cm³/mol. The van der Waals surface area contributed by atoms with Crippen LogP contribution in [0.3, 0.4) is 0 Å². The Bertz CT molecular complexity index is 161. The topological polar surface area (TPSA) is 55.8 Å². The number of esters is 1. The van der Waals surface area contributed by atoms with Crippen molar-refractivity contribution in [1.82, 2.24) is 0 Å². The van der Waals surface area contributed by atoms with Crippen LogP contribution in [0.25, 0.3) is 0 Å². The standard InChI is InChI=1S/C9H16O4/c1-7(11)12-5-8-2-3-9(4-10)13-6-8/h8-10H,2-6H2,1H3/t8-,9?/m1/s1. The van der Waals surface area contributed by atoms with Gasteiger partial charge in [0.05, 0.1) is 25.9 Å². The molecule has 0 aromatic carbocycles. The van der Waals surface area contributed by atoms with Gasteiger partial charge in [0.2, 0.25) is 0 Å². The minimum atomic E-state index is -0.246. The molecule has 2 atom stereocenters. The van der Waals surface area contributed by atoms with Gasteiger partial charge in [-0.25, -0.2) is 0 Å². The lowest BCUT2D eigenvalue weighted by molar-refractivity contribution is -0.144. The van der Waals surface area contributed by atoms with Crippen molar-refractivity contribution in [3.05, 3.63) is 0 Å². The molecule has 4 nitrogen and oxygen atoms in total. The Balaban J connectivity index is 2.14. The van der Waals surface area contributed by atoms with E-state index in [0.717, 1.165) is 12.8 Å². The zero-order valence-corrected chi connectivity index (χ0v) is 7.86. The van der Waals surface area contributed by atoms with Gasteiger partial charge in [0.1, 0.15) is 0 Å². The van der Waals surface area contributed by atoms with Crippen molar-refractivity contribution in [2.75, 3.05) is 19.8 Å². The molecule has 0 spiro atoms. The third-order valence-electron chi connectivity index (χ3n) is 2.19. The molecule has 0 saturated carbocycles. The van der Waals surface area contributed by atoms with Crippen LogP contribution in [-0.4, -0.2) is 37.0 Å². The summed E-state index contributed by atoms with van der Waals surface area (Å²) >= 11 is 0. The lowest BCUT2D eigenvalue weighted by Crippen LogP contribution is -2.31. The Labute approximate surface area is 77.8 Å². The first-order valence-electron chi connectivity index (χ1n) is 4.58. The minimum Gasteiger partial charge on any atom is -0.465 e. The summed E-state index contributed by atoms with van der Waals surface area (Å²) in [7, 11) is 0. The molecule has 1 rings (SSSR count). The number of carbonyl (C=O) groups excluding carboxylic acids is 1. The van der Waals surface area contributed by atoms with E-state index in [-0.39, 0.29) is 18.7 Å². The molecule has 0 aromatic heterocycles. The highest BCUT2D eigenvalue weighted by atomic mass is 16.5. The zero-order valence-electron chi connectivity index (χ0n) is 7.86. The Morgan fingerprint density at radius 2 is 2.38 bits per heavy atom. The average molecular weight is 188 g/mol. The number of hydrogen-bond donors (Lipinski definition) is 1. The minimum absolute atomic E-state index is 0.0198. The van der Waals surface area contributed by atoms with Gasteiger partial charge in [0.15, 0.2) is 0 Å². The number of hydrogen-bond acceptors (Lipinski definition) is 4. The summed E-state index contributed by atoms with van der Waals surface area (Å²) in [6.07, 6.45) is 1.79. The van der Waals surface area contributed by atoms with Gasteiger partial charge in [0, 0.05) is 12.8 Å². The van der Waals surface area contributed by atoms with Crippen LogP contribution in [0.15, 0.2) is 0 Å². The quantitative estimate of drug-likeness (QED) is 0.649. The van der Waals surface area contributed by atoms with Crippen LogP contribution in [-0.2, 0) is 14.3 Å². The van der Waals surface area contributed by atoms with Crippen LogP contribution < -0.4 is 0 Å². The van der Waals surface area contributed by atoms with E-state index in [1.165, 1.54) is 6.92 Å². The first-order valence-corrected chi connectivity index (χ1v) is 4.58. The van der Waals surface area contributed by atoms with E-state index in [1.807, 2.05) is 0 Å². The fraction of sp³-hybridized carbons (Fsp3) is 0.889. The molecule has 1 fully saturated rings. The third kappa shape index (κ3) is 3.74. The van der Waals surface area contributed by atoms with E-state index in [9.17, 15) is 4.79 Å². The van der Waals surface area contributed by atoms with Crippen LogP contribution in [0.1, 0.15) is 19.8 Å². The van der Waals surface area contributed by atoms with Gasteiger partial charge in [-0.3, -0.25) is 4.79 Å². The maximum Gasteiger partial charge on any atom is 0.302 e. The van der Waals surface area contributed by atoms with Crippen LogP contribution in [0.4, 0.5) is 0 Å².